The maximum absolute atomic E-state index is 12.9. The number of fused-ring (bicyclic) bond motifs is 1. The average molecular weight is 459 g/mol. The lowest BCUT2D eigenvalue weighted by Crippen LogP contribution is -2.12. The Balaban J connectivity index is 1.32. The van der Waals surface area contributed by atoms with Crippen LogP contribution in [0, 0.1) is 6.92 Å². The van der Waals surface area contributed by atoms with E-state index in [2.05, 4.69) is 20.5 Å². The number of aromatic nitrogens is 5. The van der Waals surface area contributed by atoms with E-state index in [0.29, 0.717) is 27.7 Å². The van der Waals surface area contributed by atoms with Crippen molar-refractivity contribution < 1.29 is 9.53 Å². The number of hydrogen-bond acceptors (Lipinski definition) is 5. The van der Waals surface area contributed by atoms with Gasteiger partial charge < -0.3 is 10.1 Å². The zero-order valence-corrected chi connectivity index (χ0v) is 18.4. The highest BCUT2D eigenvalue weighted by Crippen LogP contribution is 2.22. The number of carbonyl (C=O) groups is 1. The number of nitrogens with zero attached hydrogens (tertiary/aromatic N) is 5. The maximum Gasteiger partial charge on any atom is 0.261 e. The normalized spacial score (nSPS) is 11.0. The van der Waals surface area contributed by atoms with Crippen LogP contribution in [-0.4, -0.2) is 30.3 Å². The number of rotatable bonds is 6. The number of halogens is 1. The van der Waals surface area contributed by atoms with Crippen molar-refractivity contribution in [1.82, 2.24) is 24.4 Å². The topological polar surface area (TPSA) is 86.3 Å². The molecule has 0 saturated heterocycles. The van der Waals surface area contributed by atoms with Gasteiger partial charge in [0.05, 0.1) is 30.0 Å². The van der Waals surface area contributed by atoms with E-state index in [1.165, 1.54) is 11.8 Å². The van der Waals surface area contributed by atoms with E-state index in [1.807, 2.05) is 37.3 Å². The van der Waals surface area contributed by atoms with E-state index in [4.69, 9.17) is 16.3 Å². The van der Waals surface area contributed by atoms with Crippen LogP contribution in [0.15, 0.2) is 79.4 Å². The summed E-state index contributed by atoms with van der Waals surface area (Å²) in [6.45, 7) is 2.21. The van der Waals surface area contributed by atoms with Crippen molar-refractivity contribution in [2.75, 3.05) is 5.32 Å². The summed E-state index contributed by atoms with van der Waals surface area (Å²) in [6.07, 6.45) is 6.42. The molecule has 0 radical (unpaired) electrons. The second kappa shape index (κ2) is 8.76. The van der Waals surface area contributed by atoms with Gasteiger partial charge in [0, 0.05) is 16.8 Å². The highest BCUT2D eigenvalue weighted by Gasteiger charge is 2.17. The third-order valence-corrected chi connectivity index (χ3v) is 5.28. The van der Waals surface area contributed by atoms with Crippen LogP contribution in [0.1, 0.15) is 15.9 Å². The van der Waals surface area contributed by atoms with Crippen LogP contribution in [0.4, 0.5) is 5.69 Å². The van der Waals surface area contributed by atoms with Crippen molar-refractivity contribution >= 4 is 28.8 Å². The molecule has 9 heteroatoms. The average Bonchev–Trinajstić information content (AvgIpc) is 3.45. The predicted molar refractivity (Wildman–Crippen MR) is 125 cm³/mol. The first-order valence-electron chi connectivity index (χ1n) is 10.2. The minimum Gasteiger partial charge on any atom is -0.471 e. The molecule has 0 aliphatic heterocycles. The van der Waals surface area contributed by atoms with Crippen LogP contribution in [0.25, 0.3) is 16.9 Å². The minimum atomic E-state index is -0.325. The number of hydrogen-bond donors (Lipinski definition) is 1. The fraction of sp³-hybridized carbons (Fsp3) is 0.0833. The first-order valence-corrected chi connectivity index (χ1v) is 10.6. The summed E-state index contributed by atoms with van der Waals surface area (Å²) in [5.41, 5.74) is 4.38. The fourth-order valence-corrected chi connectivity index (χ4v) is 3.57. The van der Waals surface area contributed by atoms with Gasteiger partial charge in [-0.05, 0) is 31.2 Å². The lowest BCUT2D eigenvalue weighted by Gasteiger charge is -2.06. The number of amides is 1. The van der Waals surface area contributed by atoms with E-state index in [0.717, 1.165) is 11.3 Å². The molecule has 3 aromatic heterocycles. The Kier molecular flexibility index (Phi) is 5.50. The van der Waals surface area contributed by atoms with Crippen LogP contribution < -0.4 is 10.1 Å². The smallest absolute Gasteiger partial charge is 0.261 e. The number of carbonyl (C=O) groups excluding carboxylic acids is 1. The molecule has 2 aromatic carbocycles. The lowest BCUT2D eigenvalue weighted by molar-refractivity contribution is 0.102. The van der Waals surface area contributed by atoms with Crippen LogP contribution in [0.2, 0.25) is 5.02 Å². The molecule has 3 heterocycles. The van der Waals surface area contributed by atoms with Gasteiger partial charge in [-0.3, -0.25) is 4.79 Å². The fourth-order valence-electron chi connectivity index (χ4n) is 3.39. The molecule has 0 unspecified atom stereocenters. The molecule has 5 rings (SSSR count). The molecule has 1 N–H and O–H groups in total. The van der Waals surface area contributed by atoms with Crippen molar-refractivity contribution in [3.63, 3.8) is 0 Å². The van der Waals surface area contributed by atoms with Gasteiger partial charge in [-0.2, -0.15) is 10.2 Å². The zero-order chi connectivity index (χ0) is 22.8. The number of aryl methyl sites for hydroxylation is 1. The van der Waals surface area contributed by atoms with Gasteiger partial charge in [-0.1, -0.05) is 47.5 Å². The second-order valence-corrected chi connectivity index (χ2v) is 7.88. The van der Waals surface area contributed by atoms with Gasteiger partial charge in [0.15, 0.2) is 12.4 Å². The molecular weight excluding hydrogens is 440 g/mol. The zero-order valence-electron chi connectivity index (χ0n) is 17.6. The van der Waals surface area contributed by atoms with E-state index < -0.39 is 0 Å². The molecule has 0 bridgehead atoms. The van der Waals surface area contributed by atoms with Crippen LogP contribution in [-0.2, 0) is 6.73 Å². The van der Waals surface area contributed by atoms with E-state index in [-0.39, 0.29) is 12.6 Å². The Morgan fingerprint density at radius 3 is 2.76 bits per heavy atom. The molecule has 0 spiro atoms. The van der Waals surface area contributed by atoms with E-state index >= 15 is 0 Å². The predicted octanol–water partition coefficient (Wildman–Crippen LogP) is 4.84. The molecule has 5 aromatic rings. The summed E-state index contributed by atoms with van der Waals surface area (Å²) in [4.78, 5) is 17.3. The Bertz CT molecular complexity index is 1440. The van der Waals surface area contributed by atoms with Gasteiger partial charge in [0.25, 0.3) is 5.91 Å². The molecule has 0 atom stereocenters. The number of anilines is 1. The van der Waals surface area contributed by atoms with Gasteiger partial charge >= 0.3 is 0 Å². The van der Waals surface area contributed by atoms with Crippen molar-refractivity contribution in [2.45, 2.75) is 13.7 Å². The summed E-state index contributed by atoms with van der Waals surface area (Å²) in [6, 6.07) is 17.1. The molecule has 0 saturated carbocycles. The molecule has 0 aliphatic carbocycles. The summed E-state index contributed by atoms with van der Waals surface area (Å²) in [5, 5.41) is 12.0. The van der Waals surface area contributed by atoms with Crippen molar-refractivity contribution in [3.8, 4) is 17.0 Å². The summed E-state index contributed by atoms with van der Waals surface area (Å²) in [5.74, 6) is 0.305. The molecule has 0 fully saturated rings. The molecule has 8 nitrogen and oxygen atoms in total. The number of ether oxygens (including phenoxy) is 1. The number of benzene rings is 2. The SMILES string of the molecule is Cc1ccc(-c2ccnc3c(C(=O)Nc4cnn(COc5cccc(Cl)c5)c4)cnn23)cc1. The Labute approximate surface area is 194 Å². The summed E-state index contributed by atoms with van der Waals surface area (Å²) < 4.78 is 8.90. The third-order valence-electron chi connectivity index (χ3n) is 5.04. The lowest BCUT2D eigenvalue weighted by atomic mass is 10.1. The van der Waals surface area contributed by atoms with Crippen molar-refractivity contribution in [3.05, 3.63) is 95.5 Å². The third kappa shape index (κ3) is 4.42. The monoisotopic (exact) mass is 458 g/mol. The highest BCUT2D eigenvalue weighted by molar-refractivity contribution is 6.30. The Hall–Kier alpha value is -4.17. The first-order chi connectivity index (χ1) is 16.1. The van der Waals surface area contributed by atoms with Crippen LogP contribution in [0.3, 0.4) is 0 Å². The Morgan fingerprint density at radius 1 is 1.09 bits per heavy atom. The molecule has 0 aliphatic rings. The second-order valence-electron chi connectivity index (χ2n) is 7.44. The summed E-state index contributed by atoms with van der Waals surface area (Å²) in [7, 11) is 0. The van der Waals surface area contributed by atoms with E-state index in [1.54, 1.807) is 52.1 Å². The highest BCUT2D eigenvalue weighted by atomic mass is 35.5. The summed E-state index contributed by atoms with van der Waals surface area (Å²) >= 11 is 5.97. The standard InChI is InChI=1S/C24H19ClN6O2/c1-16-5-7-17(8-6-16)22-9-10-26-23-21(13-28-31(22)23)24(32)29-19-12-27-30(14-19)15-33-20-4-2-3-18(25)11-20/h2-14H,15H2,1H3,(H,29,32). The van der Waals surface area contributed by atoms with Gasteiger partial charge in [0.1, 0.15) is 11.3 Å². The maximum atomic E-state index is 12.9. The van der Waals surface area contributed by atoms with Gasteiger partial charge in [-0.15, -0.1) is 0 Å². The molecule has 1 amide bonds. The first kappa shape index (κ1) is 20.7. The molecule has 164 valence electrons. The van der Waals surface area contributed by atoms with E-state index in [9.17, 15) is 4.79 Å². The van der Waals surface area contributed by atoms with Crippen molar-refractivity contribution in [1.29, 1.82) is 0 Å². The van der Waals surface area contributed by atoms with Crippen molar-refractivity contribution in [2.24, 2.45) is 0 Å². The Morgan fingerprint density at radius 2 is 1.94 bits per heavy atom. The largest absolute Gasteiger partial charge is 0.471 e. The van der Waals surface area contributed by atoms with Gasteiger partial charge in [-0.25, -0.2) is 14.2 Å². The van der Waals surface area contributed by atoms with Gasteiger partial charge in [0.2, 0.25) is 0 Å². The molecular formula is C24H19ClN6O2. The quantitative estimate of drug-likeness (QED) is 0.393. The number of nitrogens with one attached hydrogen (secondary N) is 1. The van der Waals surface area contributed by atoms with Crippen LogP contribution in [0.5, 0.6) is 5.75 Å². The van der Waals surface area contributed by atoms with Crippen LogP contribution >= 0.6 is 11.6 Å². The molecule has 33 heavy (non-hydrogen) atoms. The minimum absolute atomic E-state index is 0.175.